The molecule has 1 N–H and O–H groups in total. The van der Waals surface area contributed by atoms with Crippen LogP contribution in [0.4, 0.5) is 0 Å². The smallest absolute Gasteiger partial charge is 0.0481 e. The number of nitrogens with one attached hydrogen (secondary N) is 1. The normalized spacial score (nSPS) is 36.2. The summed E-state index contributed by atoms with van der Waals surface area (Å²) in [4.78, 5) is 2.90. The van der Waals surface area contributed by atoms with E-state index in [-0.39, 0.29) is 0 Å². The molecule has 1 heterocycles. The van der Waals surface area contributed by atoms with Gasteiger partial charge in [-0.25, -0.2) is 0 Å². The fourth-order valence-corrected chi connectivity index (χ4v) is 5.31. The molecule has 1 aromatic rings. The molecule has 1 aliphatic heterocycles. The molecule has 4 atom stereocenters. The summed E-state index contributed by atoms with van der Waals surface area (Å²) in [6, 6.07) is 11.1. The molecule has 2 nitrogen and oxygen atoms in total. The van der Waals surface area contributed by atoms with Crippen molar-refractivity contribution < 1.29 is 0 Å². The van der Waals surface area contributed by atoms with Gasteiger partial charge >= 0.3 is 0 Å². The quantitative estimate of drug-likeness (QED) is 0.894. The highest BCUT2D eigenvalue weighted by Gasteiger charge is 2.42. The predicted octanol–water partition coefficient (Wildman–Crippen LogP) is 3.53. The molecule has 2 heteroatoms. The number of likely N-dealkylation sites (tertiary alicyclic amines) is 1. The van der Waals surface area contributed by atoms with Crippen LogP contribution in [0.2, 0.25) is 0 Å². The van der Waals surface area contributed by atoms with E-state index in [1.807, 2.05) is 0 Å². The Labute approximate surface area is 128 Å². The average molecular weight is 284 g/mol. The SMILES string of the molecule is CNC1c2ccccc2CC1N1CCC[C@H]2CCCC[C@H]21. The molecule has 1 aromatic carbocycles. The molecular weight excluding hydrogens is 256 g/mol. The van der Waals surface area contributed by atoms with E-state index in [9.17, 15) is 0 Å². The topological polar surface area (TPSA) is 15.3 Å². The highest BCUT2D eigenvalue weighted by atomic mass is 15.2. The summed E-state index contributed by atoms with van der Waals surface area (Å²) >= 11 is 0. The Bertz CT molecular complexity index is 496. The van der Waals surface area contributed by atoms with Gasteiger partial charge < -0.3 is 5.32 Å². The molecule has 2 aliphatic carbocycles. The number of benzene rings is 1. The molecule has 2 unspecified atom stereocenters. The zero-order valence-electron chi connectivity index (χ0n) is 13.2. The molecule has 0 bridgehead atoms. The van der Waals surface area contributed by atoms with Crippen LogP contribution in [0.15, 0.2) is 24.3 Å². The minimum absolute atomic E-state index is 0.530. The molecule has 3 aliphatic rings. The Balaban J connectivity index is 1.61. The summed E-state index contributed by atoms with van der Waals surface area (Å²) in [5.41, 5.74) is 3.11. The number of likely N-dealkylation sites (N-methyl/N-ethyl adjacent to an activating group) is 1. The van der Waals surface area contributed by atoms with Gasteiger partial charge in [0.25, 0.3) is 0 Å². The molecule has 1 saturated heterocycles. The lowest BCUT2D eigenvalue weighted by atomic mass is 9.77. The van der Waals surface area contributed by atoms with Gasteiger partial charge in [-0.3, -0.25) is 4.90 Å². The monoisotopic (exact) mass is 284 g/mol. The Morgan fingerprint density at radius 2 is 1.81 bits per heavy atom. The second kappa shape index (κ2) is 5.73. The molecule has 0 amide bonds. The van der Waals surface area contributed by atoms with Crippen molar-refractivity contribution in [2.75, 3.05) is 13.6 Å². The predicted molar refractivity (Wildman–Crippen MR) is 87.4 cm³/mol. The summed E-state index contributed by atoms with van der Waals surface area (Å²) in [5.74, 6) is 0.980. The second-order valence-electron chi connectivity index (χ2n) is 7.23. The molecule has 114 valence electrons. The van der Waals surface area contributed by atoms with E-state index in [2.05, 4.69) is 41.5 Å². The van der Waals surface area contributed by atoms with Crippen molar-refractivity contribution in [3.05, 3.63) is 35.4 Å². The highest BCUT2D eigenvalue weighted by molar-refractivity contribution is 5.37. The van der Waals surface area contributed by atoms with Gasteiger partial charge in [-0.05, 0) is 62.7 Å². The number of hydrogen-bond acceptors (Lipinski definition) is 2. The molecule has 2 fully saturated rings. The summed E-state index contributed by atoms with van der Waals surface area (Å²) in [5, 5.41) is 3.62. The van der Waals surface area contributed by atoms with Gasteiger partial charge in [0.05, 0.1) is 0 Å². The van der Waals surface area contributed by atoms with Crippen molar-refractivity contribution in [2.45, 2.75) is 63.1 Å². The third-order valence-corrected chi connectivity index (χ3v) is 6.23. The van der Waals surface area contributed by atoms with Crippen LogP contribution >= 0.6 is 0 Å². The van der Waals surface area contributed by atoms with E-state index in [1.54, 1.807) is 11.1 Å². The lowest BCUT2D eigenvalue weighted by Gasteiger charge is -2.48. The standard InChI is InChI=1S/C19H28N2/c1-20-19-16-10-4-2-8-15(16)13-18(19)21-12-6-9-14-7-3-5-11-17(14)21/h2,4,8,10,14,17-20H,3,5-7,9,11-13H2,1H3/t14-,17-,18?,19?/m1/s1. The number of fused-ring (bicyclic) bond motifs is 2. The van der Waals surface area contributed by atoms with Crippen LogP contribution in [0.3, 0.4) is 0 Å². The van der Waals surface area contributed by atoms with Gasteiger partial charge in [0.2, 0.25) is 0 Å². The van der Waals surface area contributed by atoms with E-state index in [0.717, 1.165) is 12.0 Å². The van der Waals surface area contributed by atoms with Crippen molar-refractivity contribution >= 4 is 0 Å². The first-order chi connectivity index (χ1) is 10.4. The van der Waals surface area contributed by atoms with Gasteiger partial charge in [-0.2, -0.15) is 0 Å². The lowest BCUT2D eigenvalue weighted by molar-refractivity contribution is 0.0172. The van der Waals surface area contributed by atoms with Gasteiger partial charge in [0.15, 0.2) is 0 Å². The van der Waals surface area contributed by atoms with E-state index < -0.39 is 0 Å². The maximum atomic E-state index is 3.62. The van der Waals surface area contributed by atoms with E-state index in [4.69, 9.17) is 0 Å². The van der Waals surface area contributed by atoms with Crippen molar-refractivity contribution in [2.24, 2.45) is 5.92 Å². The van der Waals surface area contributed by atoms with Crippen molar-refractivity contribution in [1.29, 1.82) is 0 Å². The minimum atomic E-state index is 0.530. The van der Waals surface area contributed by atoms with E-state index >= 15 is 0 Å². The van der Waals surface area contributed by atoms with Crippen LogP contribution in [0.5, 0.6) is 0 Å². The Morgan fingerprint density at radius 3 is 2.71 bits per heavy atom. The fourth-order valence-electron chi connectivity index (χ4n) is 5.31. The first-order valence-corrected chi connectivity index (χ1v) is 8.89. The first-order valence-electron chi connectivity index (χ1n) is 8.89. The van der Waals surface area contributed by atoms with Crippen molar-refractivity contribution in [3.63, 3.8) is 0 Å². The van der Waals surface area contributed by atoms with Crippen LogP contribution in [-0.4, -0.2) is 30.6 Å². The fraction of sp³-hybridized carbons (Fsp3) is 0.684. The first kappa shape index (κ1) is 13.8. The minimum Gasteiger partial charge on any atom is -0.312 e. The lowest BCUT2D eigenvalue weighted by Crippen LogP contribution is -2.54. The zero-order chi connectivity index (χ0) is 14.2. The maximum absolute atomic E-state index is 3.62. The third-order valence-electron chi connectivity index (χ3n) is 6.23. The largest absolute Gasteiger partial charge is 0.312 e. The average Bonchev–Trinajstić information content (AvgIpc) is 2.92. The highest BCUT2D eigenvalue weighted by Crippen LogP contribution is 2.41. The number of nitrogens with zero attached hydrogens (tertiary/aromatic N) is 1. The molecule has 0 spiro atoms. The summed E-state index contributed by atoms with van der Waals surface area (Å²) in [6.45, 7) is 1.32. The van der Waals surface area contributed by atoms with E-state index in [0.29, 0.717) is 12.1 Å². The number of rotatable bonds is 2. The second-order valence-corrected chi connectivity index (χ2v) is 7.23. The molecule has 0 aromatic heterocycles. The van der Waals surface area contributed by atoms with Gasteiger partial charge in [-0.15, -0.1) is 0 Å². The molecule has 0 radical (unpaired) electrons. The number of hydrogen-bond donors (Lipinski definition) is 1. The molecular formula is C19H28N2. The Morgan fingerprint density at radius 1 is 1.00 bits per heavy atom. The zero-order valence-corrected chi connectivity index (χ0v) is 13.2. The molecule has 21 heavy (non-hydrogen) atoms. The third kappa shape index (κ3) is 2.33. The van der Waals surface area contributed by atoms with Crippen LogP contribution in [0.25, 0.3) is 0 Å². The molecule has 4 rings (SSSR count). The van der Waals surface area contributed by atoms with Crippen LogP contribution in [-0.2, 0) is 6.42 Å². The number of piperidine rings is 1. The Hall–Kier alpha value is -0.860. The maximum Gasteiger partial charge on any atom is 0.0481 e. The van der Waals surface area contributed by atoms with Crippen LogP contribution in [0, 0.1) is 5.92 Å². The van der Waals surface area contributed by atoms with E-state index in [1.165, 1.54) is 51.5 Å². The summed E-state index contributed by atoms with van der Waals surface area (Å²) in [7, 11) is 2.14. The van der Waals surface area contributed by atoms with Gasteiger partial charge in [0, 0.05) is 18.1 Å². The molecule has 1 saturated carbocycles. The van der Waals surface area contributed by atoms with Crippen LogP contribution in [0.1, 0.15) is 55.7 Å². The Kier molecular flexibility index (Phi) is 3.76. The van der Waals surface area contributed by atoms with Gasteiger partial charge in [-0.1, -0.05) is 37.1 Å². The van der Waals surface area contributed by atoms with Crippen molar-refractivity contribution in [3.8, 4) is 0 Å². The summed E-state index contributed by atoms with van der Waals surface area (Å²) in [6.07, 6.45) is 9.95. The summed E-state index contributed by atoms with van der Waals surface area (Å²) < 4.78 is 0. The van der Waals surface area contributed by atoms with Crippen molar-refractivity contribution in [1.82, 2.24) is 10.2 Å². The van der Waals surface area contributed by atoms with Gasteiger partial charge in [0.1, 0.15) is 0 Å². The van der Waals surface area contributed by atoms with Crippen LogP contribution < -0.4 is 5.32 Å².